The fraction of sp³-hybridized carbons (Fsp3) is 0.538. The van der Waals surface area contributed by atoms with Crippen molar-refractivity contribution in [3.05, 3.63) is 23.9 Å². The number of ether oxygens (including phenoxy) is 1. The number of hydrogen-bond acceptors (Lipinski definition) is 4. The molecule has 5 nitrogen and oxygen atoms in total. The van der Waals surface area contributed by atoms with Crippen LogP contribution in [-0.4, -0.2) is 22.6 Å². The van der Waals surface area contributed by atoms with E-state index < -0.39 is 0 Å². The first kappa shape index (κ1) is 12.7. The van der Waals surface area contributed by atoms with Crippen LogP contribution in [0.2, 0.25) is 0 Å². The van der Waals surface area contributed by atoms with Crippen molar-refractivity contribution in [1.29, 1.82) is 0 Å². The maximum atomic E-state index is 8.61. The monoisotopic (exact) mass is 249 g/mol. The number of oxime groups is 1. The van der Waals surface area contributed by atoms with Crippen molar-refractivity contribution in [2.45, 2.75) is 32.1 Å². The fourth-order valence-electron chi connectivity index (χ4n) is 2.26. The van der Waals surface area contributed by atoms with E-state index in [1.54, 1.807) is 18.3 Å². The Morgan fingerprint density at radius 2 is 2.22 bits per heavy atom. The van der Waals surface area contributed by atoms with E-state index in [9.17, 15) is 0 Å². The van der Waals surface area contributed by atoms with E-state index in [1.807, 2.05) is 0 Å². The van der Waals surface area contributed by atoms with Gasteiger partial charge in [-0.15, -0.1) is 0 Å². The van der Waals surface area contributed by atoms with Gasteiger partial charge in [0.05, 0.1) is 6.61 Å². The minimum atomic E-state index is 0.0694. The van der Waals surface area contributed by atoms with Crippen LogP contribution in [0.4, 0.5) is 0 Å². The SMILES string of the molecule is NC(=NO)c1ccnc(OCC2CCCCC2)c1. The zero-order valence-electron chi connectivity index (χ0n) is 10.4. The summed E-state index contributed by atoms with van der Waals surface area (Å²) in [5, 5.41) is 11.6. The van der Waals surface area contributed by atoms with Gasteiger partial charge in [-0.1, -0.05) is 24.4 Å². The molecule has 0 unspecified atom stereocenters. The van der Waals surface area contributed by atoms with Crippen LogP contribution in [0.25, 0.3) is 0 Å². The third-order valence-electron chi connectivity index (χ3n) is 3.33. The van der Waals surface area contributed by atoms with Gasteiger partial charge in [0, 0.05) is 17.8 Å². The predicted molar refractivity (Wildman–Crippen MR) is 68.8 cm³/mol. The molecule has 0 amide bonds. The first-order chi connectivity index (χ1) is 8.79. The standard InChI is InChI=1S/C13H19N3O2/c14-13(16-17)11-6-7-15-12(8-11)18-9-10-4-2-1-3-5-10/h6-8,10,17H,1-5,9H2,(H2,14,16). The third kappa shape index (κ3) is 3.35. The smallest absolute Gasteiger partial charge is 0.213 e. The van der Waals surface area contributed by atoms with Crippen molar-refractivity contribution in [2.75, 3.05) is 6.61 Å². The Kier molecular flexibility index (Phi) is 4.39. The second kappa shape index (κ2) is 6.23. The van der Waals surface area contributed by atoms with Crippen molar-refractivity contribution >= 4 is 5.84 Å². The molecule has 1 aliphatic carbocycles. The van der Waals surface area contributed by atoms with E-state index in [0.29, 0.717) is 24.0 Å². The van der Waals surface area contributed by atoms with Crippen LogP contribution in [0.1, 0.15) is 37.7 Å². The molecule has 2 rings (SSSR count). The van der Waals surface area contributed by atoms with Crippen LogP contribution < -0.4 is 10.5 Å². The average molecular weight is 249 g/mol. The van der Waals surface area contributed by atoms with Gasteiger partial charge in [-0.25, -0.2) is 4.98 Å². The average Bonchev–Trinajstić information content (AvgIpc) is 2.45. The van der Waals surface area contributed by atoms with Crippen molar-refractivity contribution in [1.82, 2.24) is 4.98 Å². The molecule has 0 aromatic carbocycles. The van der Waals surface area contributed by atoms with Gasteiger partial charge in [0.2, 0.25) is 5.88 Å². The first-order valence-corrected chi connectivity index (χ1v) is 6.36. The van der Waals surface area contributed by atoms with Crippen molar-refractivity contribution in [2.24, 2.45) is 16.8 Å². The first-order valence-electron chi connectivity index (χ1n) is 6.36. The maximum absolute atomic E-state index is 8.61. The lowest BCUT2D eigenvalue weighted by Gasteiger charge is -2.21. The zero-order valence-corrected chi connectivity index (χ0v) is 10.4. The number of amidine groups is 1. The Morgan fingerprint density at radius 3 is 2.94 bits per heavy atom. The molecule has 1 aromatic heterocycles. The summed E-state index contributed by atoms with van der Waals surface area (Å²) in [4.78, 5) is 4.13. The molecule has 0 saturated heterocycles. The second-order valence-corrected chi connectivity index (χ2v) is 4.68. The summed E-state index contributed by atoms with van der Waals surface area (Å²) < 4.78 is 5.68. The minimum Gasteiger partial charge on any atom is -0.477 e. The van der Waals surface area contributed by atoms with Crippen LogP contribution in [0.5, 0.6) is 5.88 Å². The molecule has 1 heterocycles. The summed E-state index contributed by atoms with van der Waals surface area (Å²) >= 11 is 0. The highest BCUT2D eigenvalue weighted by Gasteiger charge is 2.14. The Balaban J connectivity index is 1.92. The zero-order chi connectivity index (χ0) is 12.8. The molecule has 1 aromatic rings. The van der Waals surface area contributed by atoms with Gasteiger partial charge in [0.25, 0.3) is 0 Å². The lowest BCUT2D eigenvalue weighted by molar-refractivity contribution is 0.203. The van der Waals surface area contributed by atoms with Crippen LogP contribution >= 0.6 is 0 Å². The summed E-state index contributed by atoms with van der Waals surface area (Å²) in [5.41, 5.74) is 6.14. The molecule has 18 heavy (non-hydrogen) atoms. The van der Waals surface area contributed by atoms with Gasteiger partial charge in [-0.2, -0.15) is 0 Å². The van der Waals surface area contributed by atoms with Crippen LogP contribution in [0.3, 0.4) is 0 Å². The molecule has 0 aliphatic heterocycles. The largest absolute Gasteiger partial charge is 0.477 e. The molecule has 0 radical (unpaired) electrons. The quantitative estimate of drug-likeness (QED) is 0.371. The molecule has 98 valence electrons. The number of hydrogen-bond donors (Lipinski definition) is 2. The maximum Gasteiger partial charge on any atom is 0.213 e. The van der Waals surface area contributed by atoms with Crippen LogP contribution in [0, 0.1) is 5.92 Å². The summed E-state index contributed by atoms with van der Waals surface area (Å²) in [6.45, 7) is 0.701. The fourth-order valence-corrected chi connectivity index (χ4v) is 2.26. The van der Waals surface area contributed by atoms with Gasteiger partial charge in [-0.05, 0) is 24.8 Å². The molecule has 0 spiro atoms. The summed E-state index contributed by atoms with van der Waals surface area (Å²) in [7, 11) is 0. The normalized spacial score (nSPS) is 17.7. The number of aromatic nitrogens is 1. The summed E-state index contributed by atoms with van der Waals surface area (Å²) in [6, 6.07) is 3.38. The molecule has 0 bridgehead atoms. The van der Waals surface area contributed by atoms with Gasteiger partial charge < -0.3 is 15.7 Å². The molecule has 5 heteroatoms. The van der Waals surface area contributed by atoms with E-state index in [1.165, 1.54) is 32.1 Å². The Labute approximate surface area is 107 Å². The molecular formula is C13H19N3O2. The highest BCUT2D eigenvalue weighted by Crippen LogP contribution is 2.24. The second-order valence-electron chi connectivity index (χ2n) is 4.68. The van der Waals surface area contributed by atoms with Gasteiger partial charge in [-0.3, -0.25) is 0 Å². The van der Waals surface area contributed by atoms with E-state index >= 15 is 0 Å². The molecular weight excluding hydrogens is 230 g/mol. The van der Waals surface area contributed by atoms with Crippen molar-refractivity contribution < 1.29 is 9.94 Å². The number of rotatable bonds is 4. The molecule has 1 aliphatic rings. The lowest BCUT2D eigenvalue weighted by Crippen LogP contribution is -2.16. The Bertz CT molecular complexity index is 414. The van der Waals surface area contributed by atoms with Crippen molar-refractivity contribution in [3.63, 3.8) is 0 Å². The highest BCUT2D eigenvalue weighted by molar-refractivity contribution is 5.97. The number of nitrogens with zero attached hydrogens (tertiary/aromatic N) is 2. The van der Waals surface area contributed by atoms with Gasteiger partial charge in [0.15, 0.2) is 5.84 Å². The van der Waals surface area contributed by atoms with Gasteiger partial charge in [0.1, 0.15) is 0 Å². The van der Waals surface area contributed by atoms with E-state index in [4.69, 9.17) is 15.7 Å². The summed E-state index contributed by atoms with van der Waals surface area (Å²) in [6.07, 6.45) is 8.01. The van der Waals surface area contributed by atoms with Crippen LogP contribution in [0.15, 0.2) is 23.5 Å². The van der Waals surface area contributed by atoms with E-state index in [2.05, 4.69) is 10.1 Å². The predicted octanol–water partition coefficient (Wildman–Crippen LogP) is 2.14. The highest BCUT2D eigenvalue weighted by atomic mass is 16.5. The minimum absolute atomic E-state index is 0.0694. The number of pyridine rings is 1. The Hall–Kier alpha value is -1.78. The molecule has 1 saturated carbocycles. The molecule has 0 atom stereocenters. The third-order valence-corrected chi connectivity index (χ3v) is 3.33. The summed E-state index contributed by atoms with van der Waals surface area (Å²) in [5.74, 6) is 1.23. The molecule has 1 fully saturated rings. The van der Waals surface area contributed by atoms with Crippen molar-refractivity contribution in [3.8, 4) is 5.88 Å². The van der Waals surface area contributed by atoms with E-state index in [0.717, 1.165) is 0 Å². The Morgan fingerprint density at radius 1 is 1.44 bits per heavy atom. The van der Waals surface area contributed by atoms with E-state index in [-0.39, 0.29) is 5.84 Å². The van der Waals surface area contributed by atoms with Gasteiger partial charge >= 0.3 is 0 Å². The van der Waals surface area contributed by atoms with Crippen LogP contribution in [-0.2, 0) is 0 Å². The molecule has 3 N–H and O–H groups in total. The lowest BCUT2D eigenvalue weighted by atomic mass is 9.90. The number of nitrogens with two attached hydrogens (primary N) is 1. The topological polar surface area (TPSA) is 80.7 Å².